The molecule has 0 spiro atoms. The molecule has 2 rings (SSSR count). The van der Waals surface area contributed by atoms with Crippen molar-refractivity contribution >= 4 is 27.5 Å². The van der Waals surface area contributed by atoms with Gasteiger partial charge in [-0.05, 0) is 28.1 Å². The molecule has 0 radical (unpaired) electrons. The fraction of sp³-hybridized carbons (Fsp3) is 0.0909. The topological polar surface area (TPSA) is 64.1 Å². The van der Waals surface area contributed by atoms with E-state index in [2.05, 4.69) is 20.9 Å². The maximum absolute atomic E-state index is 11.8. The zero-order valence-electron chi connectivity index (χ0n) is 9.24. The molecule has 0 aliphatic carbocycles. The van der Waals surface area contributed by atoms with Crippen LogP contribution in [0.4, 0.5) is 0 Å². The van der Waals surface area contributed by atoms with Gasteiger partial charge in [0.1, 0.15) is 10.9 Å². The van der Waals surface area contributed by atoms with Crippen LogP contribution in [0.3, 0.4) is 0 Å². The third kappa shape index (κ3) is 2.34. The van der Waals surface area contributed by atoms with Gasteiger partial charge < -0.3 is 4.74 Å². The Hall–Kier alpha value is -1.53. The van der Waals surface area contributed by atoms with Crippen molar-refractivity contribution in [3.8, 4) is 11.4 Å². The molecule has 94 valence electrons. The predicted octanol–water partition coefficient (Wildman–Crippen LogP) is 1.95. The van der Waals surface area contributed by atoms with Crippen molar-refractivity contribution in [3.05, 3.63) is 54.7 Å². The Morgan fingerprint density at radius 1 is 1.33 bits per heavy atom. The fourth-order valence-electron chi connectivity index (χ4n) is 1.50. The Morgan fingerprint density at radius 3 is 2.67 bits per heavy atom. The molecule has 0 fully saturated rings. The first-order chi connectivity index (χ1) is 8.52. The van der Waals surface area contributed by atoms with Crippen molar-refractivity contribution in [3.63, 3.8) is 0 Å². The second-order valence-corrected chi connectivity index (χ2v) is 4.68. The standard InChI is InChI=1S/C11H8BrClN2O3/c1-18-8-4-6(2-3-7(8)12)15-10(16)5-9(13)14-11(15)17/h2-5H,1H3,(H,14,17). The molecule has 0 saturated carbocycles. The van der Waals surface area contributed by atoms with E-state index in [1.54, 1.807) is 18.2 Å². The van der Waals surface area contributed by atoms with E-state index < -0.39 is 11.2 Å². The second-order valence-electron chi connectivity index (χ2n) is 3.41. The summed E-state index contributed by atoms with van der Waals surface area (Å²) >= 11 is 8.88. The Balaban J connectivity index is 2.70. The van der Waals surface area contributed by atoms with E-state index in [1.165, 1.54) is 7.11 Å². The molecule has 0 unspecified atom stereocenters. The number of ether oxygens (including phenoxy) is 1. The molecule has 0 aliphatic heterocycles. The van der Waals surface area contributed by atoms with E-state index in [0.29, 0.717) is 11.4 Å². The lowest BCUT2D eigenvalue weighted by Crippen LogP contribution is -2.32. The van der Waals surface area contributed by atoms with Gasteiger partial charge in [-0.3, -0.25) is 9.78 Å². The van der Waals surface area contributed by atoms with Crippen LogP contribution in [0.5, 0.6) is 5.75 Å². The number of hydrogen-bond donors (Lipinski definition) is 1. The number of aromatic nitrogens is 2. The summed E-state index contributed by atoms with van der Waals surface area (Å²) in [5, 5.41) is 0.00493. The number of nitrogens with zero attached hydrogens (tertiary/aromatic N) is 1. The summed E-state index contributed by atoms with van der Waals surface area (Å²) in [5.41, 5.74) is -0.706. The number of hydrogen-bond acceptors (Lipinski definition) is 3. The molecular weight excluding hydrogens is 323 g/mol. The molecule has 1 heterocycles. The van der Waals surface area contributed by atoms with Gasteiger partial charge in [-0.2, -0.15) is 0 Å². The van der Waals surface area contributed by atoms with E-state index in [4.69, 9.17) is 16.3 Å². The molecule has 1 aromatic heterocycles. The van der Waals surface area contributed by atoms with E-state index in [9.17, 15) is 9.59 Å². The van der Waals surface area contributed by atoms with Gasteiger partial charge in [-0.1, -0.05) is 11.6 Å². The lowest BCUT2D eigenvalue weighted by atomic mass is 10.3. The molecule has 0 saturated heterocycles. The van der Waals surface area contributed by atoms with E-state index in [0.717, 1.165) is 15.1 Å². The van der Waals surface area contributed by atoms with Crippen LogP contribution < -0.4 is 16.0 Å². The van der Waals surface area contributed by atoms with Crippen molar-refractivity contribution in [2.24, 2.45) is 0 Å². The summed E-state index contributed by atoms with van der Waals surface area (Å²) in [6.45, 7) is 0. The molecule has 5 nitrogen and oxygen atoms in total. The number of methoxy groups -OCH3 is 1. The van der Waals surface area contributed by atoms with Crippen LogP contribution in [0, 0.1) is 0 Å². The van der Waals surface area contributed by atoms with Crippen LogP contribution in [0.2, 0.25) is 5.15 Å². The Bertz CT molecular complexity index is 677. The summed E-state index contributed by atoms with van der Waals surface area (Å²) in [5.74, 6) is 0.522. The largest absolute Gasteiger partial charge is 0.495 e. The first-order valence-corrected chi connectivity index (χ1v) is 6.06. The number of benzene rings is 1. The van der Waals surface area contributed by atoms with Gasteiger partial charge in [0.25, 0.3) is 5.56 Å². The van der Waals surface area contributed by atoms with Crippen LogP contribution in [0.15, 0.2) is 38.3 Å². The smallest absolute Gasteiger partial charge is 0.334 e. The SMILES string of the molecule is COc1cc(-n2c(=O)cc(Cl)[nH]c2=O)ccc1Br. The minimum atomic E-state index is -0.600. The van der Waals surface area contributed by atoms with Gasteiger partial charge in [0.05, 0.1) is 17.3 Å². The average molecular weight is 332 g/mol. The lowest BCUT2D eigenvalue weighted by molar-refractivity contribution is 0.412. The minimum Gasteiger partial charge on any atom is -0.495 e. The van der Waals surface area contributed by atoms with Crippen molar-refractivity contribution in [2.75, 3.05) is 7.11 Å². The monoisotopic (exact) mass is 330 g/mol. The van der Waals surface area contributed by atoms with Crippen LogP contribution >= 0.6 is 27.5 Å². The van der Waals surface area contributed by atoms with Crippen molar-refractivity contribution in [1.29, 1.82) is 0 Å². The number of nitrogens with one attached hydrogen (secondary N) is 1. The van der Waals surface area contributed by atoms with Crippen molar-refractivity contribution in [2.45, 2.75) is 0 Å². The van der Waals surface area contributed by atoms with Crippen LogP contribution in [0.1, 0.15) is 0 Å². The maximum atomic E-state index is 11.8. The first-order valence-electron chi connectivity index (χ1n) is 4.88. The summed E-state index contributed by atoms with van der Waals surface area (Å²) in [4.78, 5) is 25.8. The number of aromatic amines is 1. The molecule has 18 heavy (non-hydrogen) atoms. The molecular formula is C11H8BrClN2O3. The molecule has 0 aliphatic rings. The molecule has 7 heteroatoms. The highest BCUT2D eigenvalue weighted by molar-refractivity contribution is 9.10. The molecule has 2 aromatic rings. The van der Waals surface area contributed by atoms with Gasteiger partial charge in [-0.25, -0.2) is 9.36 Å². The third-order valence-corrected chi connectivity index (χ3v) is 3.15. The van der Waals surface area contributed by atoms with E-state index >= 15 is 0 Å². The van der Waals surface area contributed by atoms with E-state index in [-0.39, 0.29) is 5.15 Å². The van der Waals surface area contributed by atoms with Crippen molar-refractivity contribution < 1.29 is 4.74 Å². The van der Waals surface area contributed by atoms with Crippen molar-refractivity contribution in [1.82, 2.24) is 9.55 Å². The number of rotatable bonds is 2. The van der Waals surface area contributed by atoms with Gasteiger partial charge >= 0.3 is 5.69 Å². The number of H-pyrrole nitrogens is 1. The van der Waals surface area contributed by atoms with Crippen LogP contribution in [-0.2, 0) is 0 Å². The normalized spacial score (nSPS) is 10.4. The highest BCUT2D eigenvalue weighted by Gasteiger charge is 2.08. The van der Waals surface area contributed by atoms with Gasteiger partial charge in [0.2, 0.25) is 0 Å². The Kier molecular flexibility index (Phi) is 3.58. The first kappa shape index (κ1) is 12.9. The van der Waals surface area contributed by atoms with Crippen LogP contribution in [0.25, 0.3) is 5.69 Å². The van der Waals surface area contributed by atoms with Gasteiger partial charge in [-0.15, -0.1) is 0 Å². The quantitative estimate of drug-likeness (QED) is 0.856. The Labute approximate surface area is 115 Å². The van der Waals surface area contributed by atoms with Crippen LogP contribution in [-0.4, -0.2) is 16.7 Å². The zero-order valence-corrected chi connectivity index (χ0v) is 11.6. The molecule has 0 bridgehead atoms. The maximum Gasteiger partial charge on any atom is 0.334 e. The van der Waals surface area contributed by atoms with E-state index in [1.807, 2.05) is 0 Å². The second kappa shape index (κ2) is 4.99. The molecule has 1 N–H and O–H groups in total. The highest BCUT2D eigenvalue weighted by Crippen LogP contribution is 2.26. The Morgan fingerprint density at radius 2 is 2.06 bits per heavy atom. The summed E-state index contributed by atoms with van der Waals surface area (Å²) in [6, 6.07) is 6.03. The molecule has 0 atom stereocenters. The summed E-state index contributed by atoms with van der Waals surface area (Å²) in [6.07, 6.45) is 0. The lowest BCUT2D eigenvalue weighted by Gasteiger charge is -2.08. The van der Waals surface area contributed by atoms with Gasteiger partial charge in [0.15, 0.2) is 0 Å². The predicted molar refractivity (Wildman–Crippen MR) is 71.9 cm³/mol. The summed E-state index contributed by atoms with van der Waals surface area (Å²) in [7, 11) is 1.50. The third-order valence-electron chi connectivity index (χ3n) is 2.29. The summed E-state index contributed by atoms with van der Waals surface area (Å²) < 4.78 is 6.81. The minimum absolute atomic E-state index is 0.00493. The fourth-order valence-corrected chi connectivity index (χ4v) is 2.08. The van der Waals surface area contributed by atoms with Gasteiger partial charge in [0, 0.05) is 12.1 Å². The highest BCUT2D eigenvalue weighted by atomic mass is 79.9. The number of halogens is 2. The zero-order chi connectivity index (χ0) is 13.3. The molecule has 1 aromatic carbocycles. The average Bonchev–Trinajstić information content (AvgIpc) is 2.30. The molecule has 0 amide bonds.